The smallest absolute Gasteiger partial charge is 0.277 e. The zero-order chi connectivity index (χ0) is 16.9. The summed E-state index contributed by atoms with van der Waals surface area (Å²) in [4.78, 5) is 11.7. The van der Waals surface area contributed by atoms with Crippen molar-refractivity contribution < 1.29 is 13.9 Å². The third-order valence-corrected chi connectivity index (χ3v) is 4.31. The van der Waals surface area contributed by atoms with Crippen molar-refractivity contribution in [2.75, 3.05) is 6.61 Å². The molecule has 1 N–H and O–H groups in total. The number of hydrazone groups is 1. The quantitative estimate of drug-likeness (QED) is 0.855. The van der Waals surface area contributed by atoms with E-state index in [1.54, 1.807) is 0 Å². The maximum absolute atomic E-state index is 12.8. The SMILES string of the molecule is CC(C)(C)C1CCC(=NNC(=O)COc2ccc(F)cc2)CC1. The Bertz CT molecular complexity index is 551. The van der Waals surface area contributed by atoms with E-state index in [1.807, 2.05) is 0 Å². The van der Waals surface area contributed by atoms with E-state index in [1.165, 1.54) is 24.3 Å². The van der Waals surface area contributed by atoms with E-state index in [4.69, 9.17) is 4.74 Å². The molecule has 1 aliphatic rings. The van der Waals surface area contributed by atoms with Gasteiger partial charge in [-0.3, -0.25) is 4.79 Å². The number of halogens is 1. The topological polar surface area (TPSA) is 50.7 Å². The fourth-order valence-electron chi connectivity index (χ4n) is 2.78. The van der Waals surface area contributed by atoms with Crippen LogP contribution >= 0.6 is 0 Å². The Labute approximate surface area is 137 Å². The van der Waals surface area contributed by atoms with Crippen LogP contribution in [0.2, 0.25) is 0 Å². The van der Waals surface area contributed by atoms with E-state index in [0.29, 0.717) is 17.1 Å². The lowest BCUT2D eigenvalue weighted by atomic mass is 9.72. The van der Waals surface area contributed by atoms with Crippen LogP contribution in [0.3, 0.4) is 0 Å². The standard InChI is InChI=1S/C18H25FN2O2/c1-18(2,3)13-4-8-15(9-5-13)20-21-17(22)12-23-16-10-6-14(19)7-11-16/h6-7,10-11,13H,4-5,8-9,12H2,1-3H3,(H,21,22). The minimum absolute atomic E-state index is 0.132. The van der Waals surface area contributed by atoms with Crippen molar-refractivity contribution in [3.63, 3.8) is 0 Å². The van der Waals surface area contributed by atoms with Crippen molar-refractivity contribution in [1.82, 2.24) is 5.43 Å². The number of amides is 1. The molecule has 1 fully saturated rings. The van der Waals surface area contributed by atoms with Crippen LogP contribution in [0, 0.1) is 17.2 Å². The van der Waals surface area contributed by atoms with Gasteiger partial charge in [0.2, 0.25) is 0 Å². The summed E-state index contributed by atoms with van der Waals surface area (Å²) < 4.78 is 18.0. The van der Waals surface area contributed by atoms with Gasteiger partial charge in [0.1, 0.15) is 11.6 Å². The van der Waals surface area contributed by atoms with Crippen LogP contribution in [-0.2, 0) is 4.79 Å². The molecule has 0 spiro atoms. The van der Waals surface area contributed by atoms with Gasteiger partial charge in [-0.2, -0.15) is 5.10 Å². The molecule has 1 aliphatic carbocycles. The lowest BCUT2D eigenvalue weighted by Crippen LogP contribution is -2.29. The first-order chi connectivity index (χ1) is 10.8. The van der Waals surface area contributed by atoms with Crippen LogP contribution in [0.1, 0.15) is 46.5 Å². The summed E-state index contributed by atoms with van der Waals surface area (Å²) in [5.74, 6) is 0.526. The summed E-state index contributed by atoms with van der Waals surface area (Å²) in [6.07, 6.45) is 4.09. The zero-order valence-corrected chi connectivity index (χ0v) is 14.1. The predicted octanol–water partition coefficient (Wildman–Crippen LogP) is 3.91. The summed E-state index contributed by atoms with van der Waals surface area (Å²) in [6.45, 7) is 6.68. The number of rotatable bonds is 4. The molecule has 0 unspecified atom stereocenters. The first kappa shape index (κ1) is 17.4. The number of benzene rings is 1. The highest BCUT2D eigenvalue weighted by atomic mass is 19.1. The number of hydrogen-bond donors (Lipinski definition) is 1. The van der Waals surface area contributed by atoms with Crippen LogP contribution in [0.4, 0.5) is 4.39 Å². The minimum Gasteiger partial charge on any atom is -0.484 e. The third-order valence-electron chi connectivity index (χ3n) is 4.31. The number of hydrogen-bond acceptors (Lipinski definition) is 3. The van der Waals surface area contributed by atoms with E-state index < -0.39 is 0 Å². The average Bonchev–Trinajstić information content (AvgIpc) is 2.52. The Morgan fingerprint density at radius 3 is 2.43 bits per heavy atom. The Hall–Kier alpha value is -1.91. The van der Waals surface area contributed by atoms with Gasteiger partial charge in [0.25, 0.3) is 5.91 Å². The van der Waals surface area contributed by atoms with E-state index in [0.717, 1.165) is 31.4 Å². The summed E-state index contributed by atoms with van der Waals surface area (Å²) in [5, 5.41) is 4.20. The molecule has 0 saturated heterocycles. The van der Waals surface area contributed by atoms with Gasteiger partial charge in [-0.05, 0) is 61.3 Å². The zero-order valence-electron chi connectivity index (χ0n) is 14.1. The van der Waals surface area contributed by atoms with Crippen molar-refractivity contribution in [2.45, 2.75) is 46.5 Å². The Balaban J connectivity index is 1.73. The van der Waals surface area contributed by atoms with Crippen molar-refractivity contribution >= 4 is 11.6 Å². The molecular formula is C18H25FN2O2. The molecular weight excluding hydrogens is 295 g/mol. The van der Waals surface area contributed by atoms with Crippen LogP contribution in [0.15, 0.2) is 29.4 Å². The molecule has 0 atom stereocenters. The van der Waals surface area contributed by atoms with Gasteiger partial charge in [0.15, 0.2) is 6.61 Å². The molecule has 0 bridgehead atoms. The maximum atomic E-state index is 12.8. The van der Waals surface area contributed by atoms with Gasteiger partial charge in [-0.15, -0.1) is 0 Å². The second-order valence-electron chi connectivity index (χ2n) is 7.10. The van der Waals surface area contributed by atoms with Crippen LogP contribution in [0.5, 0.6) is 5.75 Å². The average molecular weight is 320 g/mol. The predicted molar refractivity (Wildman–Crippen MR) is 88.9 cm³/mol. The second-order valence-corrected chi connectivity index (χ2v) is 7.10. The molecule has 4 nitrogen and oxygen atoms in total. The lowest BCUT2D eigenvalue weighted by molar-refractivity contribution is -0.123. The van der Waals surface area contributed by atoms with Gasteiger partial charge in [0.05, 0.1) is 0 Å². The van der Waals surface area contributed by atoms with E-state index >= 15 is 0 Å². The molecule has 0 heterocycles. The molecule has 0 aromatic heterocycles. The van der Waals surface area contributed by atoms with Crippen LogP contribution < -0.4 is 10.2 Å². The van der Waals surface area contributed by atoms with Gasteiger partial charge in [-0.1, -0.05) is 20.8 Å². The van der Waals surface area contributed by atoms with Gasteiger partial charge in [0, 0.05) is 5.71 Å². The van der Waals surface area contributed by atoms with Crippen molar-refractivity contribution in [3.05, 3.63) is 30.1 Å². The van der Waals surface area contributed by atoms with Crippen LogP contribution in [-0.4, -0.2) is 18.2 Å². The number of nitrogens with one attached hydrogen (secondary N) is 1. The Morgan fingerprint density at radius 2 is 1.87 bits per heavy atom. The maximum Gasteiger partial charge on any atom is 0.277 e. The monoisotopic (exact) mass is 320 g/mol. The second kappa shape index (κ2) is 7.57. The molecule has 1 aromatic carbocycles. The van der Waals surface area contributed by atoms with E-state index in [9.17, 15) is 9.18 Å². The van der Waals surface area contributed by atoms with Gasteiger partial charge < -0.3 is 4.74 Å². The highest BCUT2D eigenvalue weighted by molar-refractivity contribution is 5.87. The number of ether oxygens (including phenoxy) is 1. The summed E-state index contributed by atoms with van der Waals surface area (Å²) >= 11 is 0. The fourth-order valence-corrected chi connectivity index (χ4v) is 2.78. The number of carbonyl (C=O) groups excluding carboxylic acids is 1. The van der Waals surface area contributed by atoms with Crippen LogP contribution in [0.25, 0.3) is 0 Å². The fraction of sp³-hybridized carbons (Fsp3) is 0.556. The summed E-state index contributed by atoms with van der Waals surface area (Å²) in [7, 11) is 0. The highest BCUT2D eigenvalue weighted by Gasteiger charge is 2.28. The lowest BCUT2D eigenvalue weighted by Gasteiger charge is -2.34. The summed E-state index contributed by atoms with van der Waals surface area (Å²) in [5.41, 5.74) is 3.91. The molecule has 1 aromatic rings. The van der Waals surface area contributed by atoms with E-state index in [-0.39, 0.29) is 18.3 Å². The third kappa shape index (κ3) is 5.66. The van der Waals surface area contributed by atoms with Gasteiger partial charge >= 0.3 is 0 Å². The minimum atomic E-state index is -0.334. The largest absolute Gasteiger partial charge is 0.484 e. The molecule has 0 radical (unpaired) electrons. The molecule has 1 saturated carbocycles. The number of nitrogens with zero attached hydrogens (tertiary/aromatic N) is 1. The molecule has 23 heavy (non-hydrogen) atoms. The van der Waals surface area contributed by atoms with E-state index in [2.05, 4.69) is 31.3 Å². The Morgan fingerprint density at radius 1 is 1.26 bits per heavy atom. The van der Waals surface area contributed by atoms with Crippen molar-refractivity contribution in [3.8, 4) is 5.75 Å². The molecule has 1 amide bonds. The van der Waals surface area contributed by atoms with Crippen molar-refractivity contribution in [2.24, 2.45) is 16.4 Å². The highest BCUT2D eigenvalue weighted by Crippen LogP contribution is 2.36. The molecule has 0 aliphatic heterocycles. The molecule has 126 valence electrons. The first-order valence-corrected chi connectivity index (χ1v) is 8.07. The summed E-state index contributed by atoms with van der Waals surface area (Å²) in [6, 6.07) is 5.56. The molecule has 5 heteroatoms. The van der Waals surface area contributed by atoms with Crippen molar-refractivity contribution in [1.29, 1.82) is 0 Å². The van der Waals surface area contributed by atoms with Gasteiger partial charge in [-0.25, -0.2) is 9.82 Å². The Kier molecular flexibility index (Phi) is 5.74. The number of carbonyl (C=O) groups is 1. The molecule has 2 rings (SSSR count). The first-order valence-electron chi connectivity index (χ1n) is 8.07. The normalized spacial score (nSPS) is 18.4.